The number of thioether (sulfide) groups is 1. The monoisotopic (exact) mass is 410 g/mol. The Bertz CT molecular complexity index is 577. The molecule has 0 radical (unpaired) electrons. The zero-order valence-electron chi connectivity index (χ0n) is 16.9. The van der Waals surface area contributed by atoms with Crippen molar-refractivity contribution in [2.45, 2.75) is 76.1 Å². The fraction of sp³-hybridized carbons (Fsp3) is 0.727. The van der Waals surface area contributed by atoms with Crippen LogP contribution in [0.3, 0.4) is 0 Å². The molecule has 6 heteroatoms. The number of carboxylic acids is 1. The minimum Gasteiger partial charge on any atom is -0.478 e. The van der Waals surface area contributed by atoms with Crippen molar-refractivity contribution in [2.75, 3.05) is 12.4 Å². The average molecular weight is 411 g/mol. The van der Waals surface area contributed by atoms with Gasteiger partial charge >= 0.3 is 5.97 Å². The van der Waals surface area contributed by atoms with E-state index in [1.54, 1.807) is 0 Å². The second kappa shape index (κ2) is 13.8. The van der Waals surface area contributed by atoms with Gasteiger partial charge in [0.1, 0.15) is 5.78 Å². The average Bonchev–Trinajstić information content (AvgIpc) is 3.02. The van der Waals surface area contributed by atoms with E-state index in [1.165, 1.54) is 25.7 Å². The summed E-state index contributed by atoms with van der Waals surface area (Å²) in [5.74, 6) is 5.19. The molecule has 158 valence electrons. The Kier molecular flexibility index (Phi) is 12.2. The molecule has 0 saturated heterocycles. The highest BCUT2D eigenvalue weighted by atomic mass is 32.2. The number of ketones is 1. The molecule has 0 aliphatic heterocycles. The Morgan fingerprint density at radius 3 is 2.79 bits per heavy atom. The van der Waals surface area contributed by atoms with E-state index in [0.29, 0.717) is 12.8 Å². The third-order valence-corrected chi connectivity index (χ3v) is 6.31. The maximum atomic E-state index is 12.1. The van der Waals surface area contributed by atoms with E-state index in [-0.39, 0.29) is 42.8 Å². The third kappa shape index (κ3) is 8.81. The number of aliphatic hydroxyl groups is 2. The van der Waals surface area contributed by atoms with Crippen LogP contribution in [-0.4, -0.2) is 44.4 Å². The van der Waals surface area contributed by atoms with Crippen molar-refractivity contribution in [3.63, 3.8) is 0 Å². The van der Waals surface area contributed by atoms with Crippen LogP contribution in [0.1, 0.15) is 71.1 Å². The first-order valence-corrected chi connectivity index (χ1v) is 11.3. The van der Waals surface area contributed by atoms with Crippen molar-refractivity contribution in [1.82, 2.24) is 0 Å². The number of hydrogen-bond acceptors (Lipinski definition) is 5. The predicted octanol–water partition coefficient (Wildman–Crippen LogP) is 3.78. The predicted molar refractivity (Wildman–Crippen MR) is 113 cm³/mol. The number of hydrogen-bond donors (Lipinski definition) is 3. The molecule has 3 atom stereocenters. The van der Waals surface area contributed by atoms with Gasteiger partial charge in [0.05, 0.1) is 6.61 Å². The van der Waals surface area contributed by atoms with Crippen LogP contribution in [-0.2, 0) is 9.59 Å². The molecule has 0 heterocycles. The molecule has 1 unspecified atom stereocenters. The summed E-state index contributed by atoms with van der Waals surface area (Å²) in [4.78, 5) is 21.4. The summed E-state index contributed by atoms with van der Waals surface area (Å²) < 4.78 is 0. The summed E-state index contributed by atoms with van der Waals surface area (Å²) in [6.07, 6.45) is 12.6. The standard InChI is InChI=1S/C22H34O5S/c1-2-3-4-5-6-8-11-18-13-14-20(24)19(18)12-9-7-10-15-22(27,21(25)26)28-17-16-23/h8,11,18-19,23,27H,2-6,10,12-17H2,1H3,(H,25,26)/t18-,19+,22?/m0/s1. The summed E-state index contributed by atoms with van der Waals surface area (Å²) in [5, 5.41) is 28.1. The lowest BCUT2D eigenvalue weighted by atomic mass is 9.91. The van der Waals surface area contributed by atoms with E-state index in [9.17, 15) is 14.7 Å². The molecule has 1 aliphatic rings. The fourth-order valence-electron chi connectivity index (χ4n) is 3.35. The van der Waals surface area contributed by atoms with Crippen molar-refractivity contribution >= 4 is 23.5 Å². The van der Waals surface area contributed by atoms with Gasteiger partial charge in [-0.2, -0.15) is 0 Å². The Labute approximate surface area is 173 Å². The minimum atomic E-state index is -1.93. The number of carbonyl (C=O) groups excluding carboxylic acids is 1. The highest BCUT2D eigenvalue weighted by Gasteiger charge is 2.35. The van der Waals surface area contributed by atoms with Crippen LogP contribution < -0.4 is 0 Å². The van der Waals surface area contributed by atoms with Crippen molar-refractivity contribution < 1.29 is 24.9 Å². The van der Waals surface area contributed by atoms with Gasteiger partial charge in [0.2, 0.25) is 4.93 Å². The van der Waals surface area contributed by atoms with E-state index < -0.39 is 10.9 Å². The van der Waals surface area contributed by atoms with Crippen molar-refractivity contribution in [2.24, 2.45) is 11.8 Å². The quantitative estimate of drug-likeness (QED) is 0.185. The Morgan fingerprint density at radius 1 is 1.32 bits per heavy atom. The lowest BCUT2D eigenvalue weighted by Crippen LogP contribution is -2.35. The van der Waals surface area contributed by atoms with Gasteiger partial charge in [0.15, 0.2) is 0 Å². The summed E-state index contributed by atoms with van der Waals surface area (Å²) in [7, 11) is 0. The van der Waals surface area contributed by atoms with Crippen LogP contribution in [0, 0.1) is 23.7 Å². The first-order chi connectivity index (χ1) is 13.4. The highest BCUT2D eigenvalue weighted by molar-refractivity contribution is 8.01. The van der Waals surface area contributed by atoms with Crippen LogP contribution in [0.15, 0.2) is 12.2 Å². The Balaban J connectivity index is 2.45. The molecule has 0 aromatic heterocycles. The van der Waals surface area contributed by atoms with Crippen LogP contribution in [0.2, 0.25) is 0 Å². The van der Waals surface area contributed by atoms with Gasteiger partial charge < -0.3 is 15.3 Å². The molecule has 0 aromatic rings. The number of allylic oxidation sites excluding steroid dienone is 2. The molecule has 0 amide bonds. The molecule has 1 aliphatic carbocycles. The Morgan fingerprint density at radius 2 is 2.11 bits per heavy atom. The maximum Gasteiger partial charge on any atom is 0.346 e. The number of aliphatic carboxylic acids is 1. The van der Waals surface area contributed by atoms with E-state index in [2.05, 4.69) is 30.9 Å². The number of carbonyl (C=O) groups is 2. The molecule has 0 bridgehead atoms. The van der Waals surface area contributed by atoms with Gasteiger partial charge in [-0.05, 0) is 25.2 Å². The molecular weight excluding hydrogens is 376 g/mol. The SMILES string of the molecule is CCCCCCC=C[C@H]1CCC(=O)[C@@H]1CC#CCCC(O)(SCCO)C(=O)O. The topological polar surface area (TPSA) is 94.8 Å². The number of unbranched alkanes of at least 4 members (excludes halogenated alkanes) is 4. The molecule has 3 N–H and O–H groups in total. The molecule has 28 heavy (non-hydrogen) atoms. The smallest absolute Gasteiger partial charge is 0.346 e. The van der Waals surface area contributed by atoms with Crippen LogP contribution in [0.25, 0.3) is 0 Å². The third-order valence-electron chi connectivity index (χ3n) is 5.06. The van der Waals surface area contributed by atoms with Gasteiger partial charge in [0.25, 0.3) is 0 Å². The zero-order valence-corrected chi connectivity index (χ0v) is 17.7. The van der Waals surface area contributed by atoms with E-state index in [1.807, 2.05) is 0 Å². The van der Waals surface area contributed by atoms with Crippen molar-refractivity contribution in [3.8, 4) is 11.8 Å². The Hall–Kier alpha value is -1.29. The van der Waals surface area contributed by atoms with Gasteiger partial charge in [-0.1, -0.05) is 38.3 Å². The molecule has 0 spiro atoms. The number of aliphatic hydroxyl groups excluding tert-OH is 1. The lowest BCUT2D eigenvalue weighted by Gasteiger charge is -2.21. The highest BCUT2D eigenvalue weighted by Crippen LogP contribution is 2.32. The summed E-state index contributed by atoms with van der Waals surface area (Å²) in [6.45, 7) is 2.00. The first-order valence-electron chi connectivity index (χ1n) is 10.3. The van der Waals surface area contributed by atoms with Crippen LogP contribution in [0.5, 0.6) is 0 Å². The van der Waals surface area contributed by atoms with Crippen molar-refractivity contribution in [1.29, 1.82) is 0 Å². The number of carboxylic acid groups (broad SMARTS) is 1. The molecule has 1 fully saturated rings. The summed E-state index contributed by atoms with van der Waals surface area (Å²) >= 11 is 0.807. The maximum absolute atomic E-state index is 12.1. The van der Waals surface area contributed by atoms with Crippen molar-refractivity contribution in [3.05, 3.63) is 12.2 Å². The van der Waals surface area contributed by atoms with E-state index in [0.717, 1.165) is 24.6 Å². The molecule has 5 nitrogen and oxygen atoms in total. The zero-order chi connectivity index (χ0) is 20.8. The van der Waals surface area contributed by atoms with Crippen LogP contribution >= 0.6 is 11.8 Å². The summed E-state index contributed by atoms with van der Waals surface area (Å²) in [5.41, 5.74) is 0. The lowest BCUT2D eigenvalue weighted by molar-refractivity contribution is -0.149. The van der Waals surface area contributed by atoms with Crippen LogP contribution in [0.4, 0.5) is 0 Å². The minimum absolute atomic E-state index is 0.0142. The van der Waals surface area contributed by atoms with Gasteiger partial charge in [-0.3, -0.25) is 4.79 Å². The largest absolute Gasteiger partial charge is 0.478 e. The first kappa shape index (κ1) is 24.7. The number of Topliss-reactive ketones (excluding diaryl/α,β-unsaturated/α-hetero) is 1. The second-order valence-electron chi connectivity index (χ2n) is 7.27. The molecule has 1 saturated carbocycles. The molecular formula is C22H34O5S. The molecule has 1 rings (SSSR count). The second-order valence-corrected chi connectivity index (χ2v) is 8.64. The normalized spacial score (nSPS) is 21.5. The van der Waals surface area contributed by atoms with E-state index >= 15 is 0 Å². The van der Waals surface area contributed by atoms with E-state index in [4.69, 9.17) is 10.2 Å². The van der Waals surface area contributed by atoms with Gasteiger partial charge in [-0.25, -0.2) is 4.79 Å². The van der Waals surface area contributed by atoms with Gasteiger partial charge in [-0.15, -0.1) is 23.6 Å². The summed E-state index contributed by atoms with van der Waals surface area (Å²) in [6, 6.07) is 0. The number of rotatable bonds is 13. The van der Waals surface area contributed by atoms with Gasteiger partial charge in [0, 0.05) is 37.4 Å². The molecule has 0 aromatic carbocycles. The fourth-order valence-corrected chi connectivity index (χ4v) is 4.15.